The molecule has 0 saturated carbocycles. The van der Waals surface area contributed by atoms with E-state index in [-0.39, 0.29) is 6.42 Å². The third-order valence-electron chi connectivity index (χ3n) is 3.36. The van der Waals surface area contributed by atoms with Crippen LogP contribution in [0.15, 0.2) is 24.3 Å². The van der Waals surface area contributed by atoms with Crippen LogP contribution in [-0.4, -0.2) is 21.0 Å². The molecule has 0 aliphatic carbocycles. The molecule has 0 aliphatic rings. The molecule has 4 nitrogen and oxygen atoms in total. The highest BCUT2D eigenvalue weighted by atomic mass is 16.4. The molecule has 0 fully saturated rings. The number of aromatic nitrogens is 2. The summed E-state index contributed by atoms with van der Waals surface area (Å²) in [6.45, 7) is 6.29. The Morgan fingerprint density at radius 2 is 1.95 bits per heavy atom. The number of benzene rings is 1. The number of H-pyrrole nitrogens is 1. The van der Waals surface area contributed by atoms with Crippen molar-refractivity contribution in [3.05, 3.63) is 41.3 Å². The lowest BCUT2D eigenvalue weighted by Gasteiger charge is -2.06. The lowest BCUT2D eigenvalue weighted by molar-refractivity contribution is -0.137. The van der Waals surface area contributed by atoms with Crippen LogP contribution in [-0.2, 0) is 11.2 Å². The summed E-state index contributed by atoms with van der Waals surface area (Å²) in [4.78, 5) is 18.3. The second-order valence-electron chi connectivity index (χ2n) is 5.33. The molecule has 106 valence electrons. The highest BCUT2D eigenvalue weighted by molar-refractivity contribution is 5.67. The Balaban J connectivity index is 2.21. The molecule has 0 atom stereocenters. The van der Waals surface area contributed by atoms with Crippen LogP contribution in [0.5, 0.6) is 0 Å². The van der Waals surface area contributed by atoms with Crippen molar-refractivity contribution < 1.29 is 9.90 Å². The molecule has 0 unspecified atom stereocenters. The molecule has 1 aromatic carbocycles. The molecule has 0 aliphatic heterocycles. The maximum atomic E-state index is 10.6. The van der Waals surface area contributed by atoms with Gasteiger partial charge in [-0.2, -0.15) is 0 Å². The summed E-state index contributed by atoms with van der Waals surface area (Å²) in [5.74, 6) is 0.435. The van der Waals surface area contributed by atoms with E-state index in [2.05, 4.69) is 48.1 Å². The van der Waals surface area contributed by atoms with Crippen LogP contribution in [0.2, 0.25) is 0 Å². The number of carbonyl (C=O) groups is 1. The van der Waals surface area contributed by atoms with Crippen LogP contribution in [0.4, 0.5) is 0 Å². The van der Waals surface area contributed by atoms with Crippen LogP contribution in [0, 0.1) is 6.92 Å². The minimum Gasteiger partial charge on any atom is -0.481 e. The Kier molecular flexibility index (Phi) is 4.23. The van der Waals surface area contributed by atoms with E-state index in [0.717, 1.165) is 22.8 Å². The van der Waals surface area contributed by atoms with Crippen molar-refractivity contribution in [2.24, 2.45) is 0 Å². The summed E-state index contributed by atoms with van der Waals surface area (Å²) in [5.41, 5.74) is 4.24. The van der Waals surface area contributed by atoms with Crippen molar-refractivity contribution in [1.82, 2.24) is 9.97 Å². The second-order valence-corrected chi connectivity index (χ2v) is 5.33. The van der Waals surface area contributed by atoms with Gasteiger partial charge in [0.05, 0.1) is 12.1 Å². The SMILES string of the molecule is Cc1[nH]c(CCC(=O)O)nc1-c1ccc(C(C)C)cc1. The molecule has 4 heteroatoms. The van der Waals surface area contributed by atoms with E-state index in [1.165, 1.54) is 5.56 Å². The summed E-state index contributed by atoms with van der Waals surface area (Å²) in [5, 5.41) is 8.71. The number of rotatable bonds is 5. The zero-order valence-corrected chi connectivity index (χ0v) is 12.1. The number of nitrogens with zero attached hydrogens (tertiary/aromatic N) is 1. The third kappa shape index (κ3) is 3.26. The van der Waals surface area contributed by atoms with Crippen molar-refractivity contribution in [1.29, 1.82) is 0 Å². The fourth-order valence-electron chi connectivity index (χ4n) is 2.17. The zero-order chi connectivity index (χ0) is 14.7. The third-order valence-corrected chi connectivity index (χ3v) is 3.36. The average Bonchev–Trinajstić information content (AvgIpc) is 2.78. The molecule has 0 radical (unpaired) electrons. The predicted molar refractivity (Wildman–Crippen MR) is 78.8 cm³/mol. The van der Waals surface area contributed by atoms with Gasteiger partial charge in [-0.05, 0) is 18.4 Å². The largest absolute Gasteiger partial charge is 0.481 e. The number of aryl methyl sites for hydroxylation is 2. The Labute approximate surface area is 118 Å². The van der Waals surface area contributed by atoms with E-state index in [1.54, 1.807) is 0 Å². The normalized spacial score (nSPS) is 11.0. The first-order valence-electron chi connectivity index (χ1n) is 6.85. The van der Waals surface area contributed by atoms with Crippen LogP contribution in [0.3, 0.4) is 0 Å². The molecule has 2 rings (SSSR count). The van der Waals surface area contributed by atoms with Gasteiger partial charge >= 0.3 is 5.97 Å². The molecule has 20 heavy (non-hydrogen) atoms. The number of aliphatic carboxylic acids is 1. The predicted octanol–water partition coefficient (Wildman–Crippen LogP) is 3.53. The molecular weight excluding hydrogens is 252 g/mol. The Hall–Kier alpha value is -2.10. The van der Waals surface area contributed by atoms with Gasteiger partial charge in [-0.3, -0.25) is 4.79 Å². The van der Waals surface area contributed by atoms with Crippen molar-refractivity contribution in [2.45, 2.75) is 39.5 Å². The van der Waals surface area contributed by atoms with E-state index in [9.17, 15) is 4.79 Å². The van der Waals surface area contributed by atoms with E-state index < -0.39 is 5.97 Å². The van der Waals surface area contributed by atoms with Gasteiger partial charge in [0.25, 0.3) is 0 Å². The summed E-state index contributed by atoms with van der Waals surface area (Å²) >= 11 is 0. The van der Waals surface area contributed by atoms with Crippen molar-refractivity contribution in [3.8, 4) is 11.3 Å². The van der Waals surface area contributed by atoms with E-state index in [0.29, 0.717) is 12.3 Å². The van der Waals surface area contributed by atoms with Crippen LogP contribution >= 0.6 is 0 Å². The number of hydrogen-bond donors (Lipinski definition) is 2. The van der Waals surface area contributed by atoms with Crippen LogP contribution in [0.25, 0.3) is 11.3 Å². The van der Waals surface area contributed by atoms with E-state index in [4.69, 9.17) is 5.11 Å². The molecule has 0 amide bonds. The zero-order valence-electron chi connectivity index (χ0n) is 12.1. The fraction of sp³-hybridized carbons (Fsp3) is 0.375. The molecule has 0 bridgehead atoms. The molecule has 2 N–H and O–H groups in total. The monoisotopic (exact) mass is 272 g/mol. The Morgan fingerprint density at radius 1 is 1.30 bits per heavy atom. The van der Waals surface area contributed by atoms with Crippen molar-refractivity contribution in [2.75, 3.05) is 0 Å². The summed E-state index contributed by atoms with van der Waals surface area (Å²) in [7, 11) is 0. The summed E-state index contributed by atoms with van der Waals surface area (Å²) in [6.07, 6.45) is 0.527. The molecule has 1 heterocycles. The number of nitrogens with one attached hydrogen (secondary N) is 1. The Morgan fingerprint density at radius 3 is 2.50 bits per heavy atom. The minimum atomic E-state index is -0.804. The Bertz CT molecular complexity index is 597. The number of carboxylic acid groups (broad SMARTS) is 1. The highest BCUT2D eigenvalue weighted by Crippen LogP contribution is 2.24. The lowest BCUT2D eigenvalue weighted by atomic mass is 10.0. The van der Waals surface area contributed by atoms with Gasteiger partial charge in [-0.15, -0.1) is 0 Å². The quantitative estimate of drug-likeness (QED) is 0.875. The number of carboxylic acids is 1. The molecular formula is C16H20N2O2. The van der Waals surface area contributed by atoms with Gasteiger partial charge in [0.15, 0.2) is 0 Å². The minimum absolute atomic E-state index is 0.0959. The number of aromatic amines is 1. The first-order chi connectivity index (χ1) is 9.47. The maximum Gasteiger partial charge on any atom is 0.303 e. The maximum absolute atomic E-state index is 10.6. The standard InChI is InChI=1S/C16H20N2O2/c1-10(2)12-4-6-13(7-5-12)16-11(3)17-14(18-16)8-9-15(19)20/h4-7,10H,8-9H2,1-3H3,(H,17,18)(H,19,20). The number of hydrogen-bond acceptors (Lipinski definition) is 2. The smallest absolute Gasteiger partial charge is 0.303 e. The topological polar surface area (TPSA) is 66.0 Å². The number of imidazole rings is 1. The fourth-order valence-corrected chi connectivity index (χ4v) is 2.17. The first-order valence-corrected chi connectivity index (χ1v) is 6.85. The lowest BCUT2D eigenvalue weighted by Crippen LogP contribution is -1.98. The van der Waals surface area contributed by atoms with E-state index in [1.807, 2.05) is 6.92 Å². The van der Waals surface area contributed by atoms with Gasteiger partial charge in [0.2, 0.25) is 0 Å². The van der Waals surface area contributed by atoms with Gasteiger partial charge in [0, 0.05) is 17.7 Å². The van der Waals surface area contributed by atoms with Gasteiger partial charge in [-0.25, -0.2) is 4.98 Å². The van der Waals surface area contributed by atoms with E-state index >= 15 is 0 Å². The second kappa shape index (κ2) is 5.90. The average molecular weight is 272 g/mol. The summed E-state index contributed by atoms with van der Waals surface area (Å²) in [6, 6.07) is 8.37. The van der Waals surface area contributed by atoms with Gasteiger partial charge in [-0.1, -0.05) is 38.1 Å². The van der Waals surface area contributed by atoms with Crippen LogP contribution in [0.1, 0.15) is 43.3 Å². The summed E-state index contributed by atoms with van der Waals surface area (Å²) < 4.78 is 0. The molecule has 2 aromatic rings. The molecule has 0 spiro atoms. The highest BCUT2D eigenvalue weighted by Gasteiger charge is 2.10. The van der Waals surface area contributed by atoms with Gasteiger partial charge < -0.3 is 10.1 Å². The molecule has 0 saturated heterocycles. The first kappa shape index (κ1) is 14.3. The van der Waals surface area contributed by atoms with Crippen LogP contribution < -0.4 is 0 Å². The molecule has 1 aromatic heterocycles. The van der Waals surface area contributed by atoms with Crippen molar-refractivity contribution >= 4 is 5.97 Å². The van der Waals surface area contributed by atoms with Crippen molar-refractivity contribution in [3.63, 3.8) is 0 Å². The van der Waals surface area contributed by atoms with Gasteiger partial charge in [0.1, 0.15) is 5.82 Å².